The first-order chi connectivity index (χ1) is 6.36. The quantitative estimate of drug-likeness (QED) is 0.691. The van der Waals surface area contributed by atoms with Crippen LogP contribution in [0.1, 0.15) is 19.3 Å². The summed E-state index contributed by atoms with van der Waals surface area (Å²) in [5.41, 5.74) is 0. The van der Waals surface area contributed by atoms with E-state index in [2.05, 4.69) is 22.5 Å². The van der Waals surface area contributed by atoms with Crippen molar-refractivity contribution in [2.45, 2.75) is 24.2 Å². The molecule has 1 aromatic heterocycles. The Morgan fingerprint density at radius 3 is 2.54 bits per heavy atom. The van der Waals surface area contributed by atoms with E-state index in [0.29, 0.717) is 0 Å². The first-order valence-corrected chi connectivity index (χ1v) is 5.21. The lowest BCUT2D eigenvalue weighted by Crippen LogP contribution is -2.29. The van der Waals surface area contributed by atoms with Crippen LogP contribution in [0.15, 0.2) is 23.2 Å². The van der Waals surface area contributed by atoms with Crippen LogP contribution in [-0.4, -0.2) is 18.1 Å². The molecular weight excluding hydrogens is 180 g/mol. The van der Waals surface area contributed by atoms with Gasteiger partial charge in [-0.05, 0) is 31.4 Å². The van der Waals surface area contributed by atoms with Crippen LogP contribution in [0.5, 0.6) is 0 Å². The fraction of sp³-hybridized carbons (Fsp3) is 0.500. The van der Waals surface area contributed by atoms with Gasteiger partial charge in [0.15, 0.2) is 0 Å². The van der Waals surface area contributed by atoms with Crippen molar-refractivity contribution < 1.29 is 0 Å². The molecule has 0 unspecified atom stereocenters. The van der Waals surface area contributed by atoms with Crippen molar-refractivity contribution in [1.29, 1.82) is 0 Å². The highest BCUT2D eigenvalue weighted by atomic mass is 32.1. The van der Waals surface area contributed by atoms with E-state index < -0.39 is 0 Å². The average molecular weight is 194 g/mol. The minimum absolute atomic E-state index is 0.931. The van der Waals surface area contributed by atoms with Crippen molar-refractivity contribution >= 4 is 18.4 Å². The summed E-state index contributed by atoms with van der Waals surface area (Å²) in [6.45, 7) is 2.30. The molecule has 0 atom stereocenters. The molecule has 1 aliphatic rings. The predicted molar refractivity (Wildman–Crippen MR) is 57.6 cm³/mol. The molecule has 13 heavy (non-hydrogen) atoms. The molecule has 1 fully saturated rings. The highest BCUT2D eigenvalue weighted by Crippen LogP contribution is 2.17. The minimum atomic E-state index is 0.931. The van der Waals surface area contributed by atoms with Gasteiger partial charge in [-0.2, -0.15) is 0 Å². The monoisotopic (exact) mass is 194 g/mol. The van der Waals surface area contributed by atoms with E-state index in [-0.39, 0.29) is 0 Å². The number of aromatic nitrogens is 1. The number of hydrogen-bond donors (Lipinski definition) is 1. The van der Waals surface area contributed by atoms with Crippen LogP contribution in [0.3, 0.4) is 0 Å². The molecule has 0 aromatic carbocycles. The lowest BCUT2D eigenvalue weighted by atomic mass is 10.1. The van der Waals surface area contributed by atoms with E-state index in [0.717, 1.165) is 23.8 Å². The lowest BCUT2D eigenvalue weighted by molar-refractivity contribution is 0.573. The second kappa shape index (κ2) is 4.01. The van der Waals surface area contributed by atoms with Crippen LogP contribution in [0, 0.1) is 0 Å². The van der Waals surface area contributed by atoms with Gasteiger partial charge in [-0.25, -0.2) is 4.98 Å². The van der Waals surface area contributed by atoms with Gasteiger partial charge in [0, 0.05) is 24.2 Å². The molecule has 2 heterocycles. The van der Waals surface area contributed by atoms with Gasteiger partial charge < -0.3 is 4.90 Å². The molecule has 70 valence electrons. The van der Waals surface area contributed by atoms with Gasteiger partial charge in [-0.3, -0.25) is 0 Å². The summed E-state index contributed by atoms with van der Waals surface area (Å²) >= 11 is 4.21. The molecule has 1 aromatic rings. The van der Waals surface area contributed by atoms with E-state index in [4.69, 9.17) is 0 Å². The molecule has 2 rings (SSSR count). The maximum atomic E-state index is 4.35. The molecule has 1 saturated heterocycles. The van der Waals surface area contributed by atoms with Crippen molar-refractivity contribution in [3.8, 4) is 0 Å². The number of pyridine rings is 1. The van der Waals surface area contributed by atoms with E-state index in [1.165, 1.54) is 19.3 Å². The highest BCUT2D eigenvalue weighted by Gasteiger charge is 2.10. The largest absolute Gasteiger partial charge is 0.357 e. The molecule has 0 amide bonds. The summed E-state index contributed by atoms with van der Waals surface area (Å²) < 4.78 is 0. The molecule has 1 aliphatic heterocycles. The van der Waals surface area contributed by atoms with Gasteiger partial charge in [0.05, 0.1) is 0 Å². The van der Waals surface area contributed by atoms with Gasteiger partial charge in [0.1, 0.15) is 5.82 Å². The Labute approximate surface area is 84.4 Å². The number of anilines is 1. The second-order valence-corrected chi connectivity index (χ2v) is 3.94. The average Bonchev–Trinajstić information content (AvgIpc) is 2.20. The van der Waals surface area contributed by atoms with Gasteiger partial charge in [0.2, 0.25) is 0 Å². The zero-order chi connectivity index (χ0) is 9.10. The first kappa shape index (κ1) is 8.88. The highest BCUT2D eigenvalue weighted by molar-refractivity contribution is 7.80. The van der Waals surface area contributed by atoms with Crippen LogP contribution in [-0.2, 0) is 0 Å². The van der Waals surface area contributed by atoms with E-state index >= 15 is 0 Å². The number of hydrogen-bond acceptors (Lipinski definition) is 3. The van der Waals surface area contributed by atoms with Crippen LogP contribution in [0.2, 0.25) is 0 Å². The Hall–Kier alpha value is -0.700. The third-order valence-corrected chi connectivity index (χ3v) is 2.68. The summed E-state index contributed by atoms with van der Waals surface area (Å²) in [6.07, 6.45) is 5.77. The van der Waals surface area contributed by atoms with Crippen LogP contribution in [0.4, 0.5) is 5.82 Å². The maximum Gasteiger partial charge on any atom is 0.128 e. The summed E-state index contributed by atoms with van der Waals surface area (Å²) in [4.78, 5) is 7.63. The van der Waals surface area contributed by atoms with Crippen molar-refractivity contribution in [3.05, 3.63) is 18.3 Å². The Balaban J connectivity index is 2.10. The predicted octanol–water partition coefficient (Wildman–Crippen LogP) is 2.36. The number of thiol groups is 1. The third kappa shape index (κ3) is 2.15. The molecule has 0 aliphatic carbocycles. The molecule has 0 N–H and O–H groups in total. The normalized spacial score (nSPS) is 17.5. The Morgan fingerprint density at radius 1 is 1.15 bits per heavy atom. The molecule has 2 nitrogen and oxygen atoms in total. The zero-order valence-electron chi connectivity index (χ0n) is 7.61. The zero-order valence-corrected chi connectivity index (χ0v) is 8.50. The van der Waals surface area contributed by atoms with Crippen LogP contribution < -0.4 is 4.90 Å². The van der Waals surface area contributed by atoms with E-state index in [9.17, 15) is 0 Å². The Bertz CT molecular complexity index is 265. The molecule has 0 radical (unpaired) electrons. The number of rotatable bonds is 1. The first-order valence-electron chi connectivity index (χ1n) is 4.76. The fourth-order valence-corrected chi connectivity index (χ4v) is 1.82. The van der Waals surface area contributed by atoms with Gasteiger partial charge in [-0.15, -0.1) is 12.6 Å². The van der Waals surface area contributed by atoms with Crippen molar-refractivity contribution in [2.75, 3.05) is 18.0 Å². The smallest absolute Gasteiger partial charge is 0.128 e. The van der Waals surface area contributed by atoms with Crippen molar-refractivity contribution in [1.82, 2.24) is 4.98 Å². The molecule has 0 spiro atoms. The second-order valence-electron chi connectivity index (χ2n) is 3.42. The Morgan fingerprint density at radius 2 is 1.92 bits per heavy atom. The van der Waals surface area contributed by atoms with E-state index in [1.54, 1.807) is 0 Å². The lowest BCUT2D eigenvalue weighted by Gasteiger charge is -2.27. The standard InChI is InChI=1S/C10H14N2S/c13-9-4-5-10(11-8-9)12-6-2-1-3-7-12/h4-5,8,13H,1-3,6-7H2. The Kier molecular flexibility index (Phi) is 2.74. The topological polar surface area (TPSA) is 16.1 Å². The SMILES string of the molecule is Sc1ccc(N2CCCCC2)nc1. The summed E-state index contributed by atoms with van der Waals surface area (Å²) in [7, 11) is 0. The van der Waals surface area contributed by atoms with Gasteiger partial charge in [-0.1, -0.05) is 0 Å². The number of piperidine rings is 1. The number of nitrogens with zero attached hydrogens (tertiary/aromatic N) is 2. The molecular formula is C10H14N2S. The molecule has 3 heteroatoms. The molecule has 0 bridgehead atoms. The van der Waals surface area contributed by atoms with Crippen molar-refractivity contribution in [2.24, 2.45) is 0 Å². The minimum Gasteiger partial charge on any atom is -0.357 e. The van der Waals surface area contributed by atoms with E-state index in [1.807, 2.05) is 18.3 Å². The van der Waals surface area contributed by atoms with Crippen molar-refractivity contribution in [3.63, 3.8) is 0 Å². The summed E-state index contributed by atoms with van der Waals surface area (Å²) in [5.74, 6) is 1.09. The maximum absolute atomic E-state index is 4.35. The van der Waals surface area contributed by atoms with Crippen LogP contribution in [0.25, 0.3) is 0 Å². The third-order valence-electron chi connectivity index (χ3n) is 2.41. The summed E-state index contributed by atoms with van der Waals surface area (Å²) in [5, 5.41) is 0. The fourth-order valence-electron chi connectivity index (χ4n) is 1.69. The van der Waals surface area contributed by atoms with Gasteiger partial charge >= 0.3 is 0 Å². The molecule has 0 saturated carbocycles. The van der Waals surface area contributed by atoms with Crippen LogP contribution >= 0.6 is 12.6 Å². The summed E-state index contributed by atoms with van der Waals surface area (Å²) in [6, 6.07) is 4.05. The van der Waals surface area contributed by atoms with Gasteiger partial charge in [0.25, 0.3) is 0 Å².